The first-order valence-corrected chi connectivity index (χ1v) is 22.6. The number of nitrogens with zero attached hydrogens (tertiary/aromatic N) is 6. The van der Waals surface area contributed by atoms with Crippen molar-refractivity contribution in [1.82, 2.24) is 40.0 Å². The van der Waals surface area contributed by atoms with E-state index >= 15 is 0 Å². The molecule has 0 bridgehead atoms. The Bertz CT molecular complexity index is 1860. The smallest absolute Gasteiger partial charge is 0.317 e. The van der Waals surface area contributed by atoms with Gasteiger partial charge in [0, 0.05) is 52.4 Å². The number of aliphatic carboxylic acids is 8. The summed E-state index contributed by atoms with van der Waals surface area (Å²) in [6.07, 6.45) is -14.3. The highest BCUT2D eigenvalue weighted by molar-refractivity contribution is 5.80. The molecule has 75 heavy (non-hydrogen) atoms. The second-order valence-corrected chi connectivity index (χ2v) is 17.0. The Hall–Kier alpha value is -5.90. The Kier molecular flexibility index (Phi) is 31.0. The van der Waals surface area contributed by atoms with Gasteiger partial charge in [-0.1, -0.05) is 0 Å². The highest BCUT2D eigenvalue weighted by Gasteiger charge is 2.48. The molecular formula is C40H68N8O27. The number of carboxylic acid groups (broad SMARTS) is 8. The second-order valence-electron chi connectivity index (χ2n) is 17.0. The van der Waals surface area contributed by atoms with Crippen molar-refractivity contribution in [2.24, 2.45) is 0 Å². The summed E-state index contributed by atoms with van der Waals surface area (Å²) in [5.74, 6) is -13.4. The molecule has 17 N–H and O–H groups in total. The molecule has 1 rings (SSSR count). The molecule has 0 aromatic heterocycles. The largest absolute Gasteiger partial charge is 0.480 e. The Morgan fingerprint density at radius 1 is 0.440 bits per heavy atom. The molecule has 9 atom stereocenters. The minimum atomic E-state index is -2.31. The highest BCUT2D eigenvalue weighted by atomic mass is 16.7. The summed E-state index contributed by atoms with van der Waals surface area (Å²) in [6.45, 7) is -13.1. The summed E-state index contributed by atoms with van der Waals surface area (Å²) in [6, 6.07) is -3.71. The molecule has 1 aliphatic heterocycles. The highest BCUT2D eigenvalue weighted by Crippen LogP contribution is 2.25. The zero-order valence-electron chi connectivity index (χ0n) is 40.3. The molecule has 35 nitrogen and oxygen atoms in total. The van der Waals surface area contributed by atoms with Crippen molar-refractivity contribution in [2.75, 3.05) is 138 Å². The van der Waals surface area contributed by atoms with Crippen molar-refractivity contribution in [3.63, 3.8) is 0 Å². The first kappa shape index (κ1) is 67.1. The fourth-order valence-corrected chi connectivity index (χ4v) is 7.40. The van der Waals surface area contributed by atoms with Gasteiger partial charge >= 0.3 is 47.8 Å². The lowest BCUT2D eigenvalue weighted by Crippen LogP contribution is -2.66. The molecule has 0 aromatic rings. The van der Waals surface area contributed by atoms with Crippen LogP contribution in [0.5, 0.6) is 0 Å². The van der Waals surface area contributed by atoms with Gasteiger partial charge in [0.15, 0.2) is 6.29 Å². The number of carbonyl (C=O) groups excluding carboxylic acids is 2. The van der Waals surface area contributed by atoms with Crippen LogP contribution in [0.25, 0.3) is 0 Å². The van der Waals surface area contributed by atoms with E-state index in [1.54, 1.807) is 0 Å². The van der Waals surface area contributed by atoms with Gasteiger partial charge in [-0.25, -0.2) is 0 Å². The molecule has 1 saturated heterocycles. The molecule has 35 heteroatoms. The molecule has 0 aliphatic carbocycles. The average molecular weight is 1090 g/mol. The molecular weight excluding hydrogens is 1020 g/mol. The summed E-state index contributed by atoms with van der Waals surface area (Å²) >= 11 is 0. The second kappa shape index (κ2) is 34.6. The number of nitrogens with one attached hydrogen (secondary N) is 2. The number of amides is 2. The van der Waals surface area contributed by atoms with Gasteiger partial charge in [0.2, 0.25) is 11.8 Å². The Balaban J connectivity index is 3.23. The van der Waals surface area contributed by atoms with Crippen LogP contribution in [-0.2, 0) is 57.4 Å². The zero-order chi connectivity index (χ0) is 57.1. The molecule has 0 radical (unpaired) electrons. The van der Waals surface area contributed by atoms with E-state index < -0.39 is 200 Å². The number of carbonyl (C=O) groups is 10. The summed E-state index contributed by atoms with van der Waals surface area (Å²) < 4.78 is 11.1. The normalized spacial score (nSPS) is 19.5. The molecule has 0 saturated carbocycles. The van der Waals surface area contributed by atoms with E-state index in [1.165, 1.54) is 9.80 Å². The van der Waals surface area contributed by atoms with Gasteiger partial charge < -0.3 is 96.7 Å². The van der Waals surface area contributed by atoms with Gasteiger partial charge in [-0.15, -0.1) is 0 Å². The first-order chi connectivity index (χ1) is 35.1. The number of aliphatic hydroxyl groups excluding tert-OH is 7. The monoisotopic (exact) mass is 1090 g/mol. The SMILES string of the molecule is O=C(O)CN(CCN(CC(=O)O)CC(=O)O)CCN(CC(=O)O)CC(=O)N[C@H]1[C@@H](O[C@H](CO)[C@@H](O)[C@H](O)[C@@H](CO)NC(=O)CN(CCN(CCN(CC(=O)O)CC(=O)O)CC(=O)O)CC(=O)O)O[C@H](CO)[C@@H](O)[C@@H]1O. The van der Waals surface area contributed by atoms with Crippen molar-refractivity contribution < 1.29 is 134 Å². The molecule has 1 heterocycles. The van der Waals surface area contributed by atoms with E-state index in [0.29, 0.717) is 0 Å². The van der Waals surface area contributed by atoms with Crippen LogP contribution in [0, 0.1) is 0 Å². The van der Waals surface area contributed by atoms with Crippen LogP contribution >= 0.6 is 0 Å². The number of carboxylic acids is 8. The van der Waals surface area contributed by atoms with E-state index in [0.717, 1.165) is 19.6 Å². The van der Waals surface area contributed by atoms with E-state index in [-0.39, 0.29) is 52.4 Å². The first-order valence-electron chi connectivity index (χ1n) is 22.6. The number of hydrogen-bond donors (Lipinski definition) is 17. The van der Waals surface area contributed by atoms with Gasteiger partial charge in [-0.05, 0) is 0 Å². The van der Waals surface area contributed by atoms with Crippen molar-refractivity contribution in [1.29, 1.82) is 0 Å². The van der Waals surface area contributed by atoms with Gasteiger partial charge in [0.25, 0.3) is 0 Å². The third-order valence-electron chi connectivity index (χ3n) is 10.9. The van der Waals surface area contributed by atoms with Crippen LogP contribution in [0.1, 0.15) is 0 Å². The average Bonchev–Trinajstić information content (AvgIpc) is 3.28. The van der Waals surface area contributed by atoms with Crippen LogP contribution in [0.3, 0.4) is 0 Å². The maximum Gasteiger partial charge on any atom is 0.317 e. The maximum absolute atomic E-state index is 13.5. The zero-order valence-corrected chi connectivity index (χ0v) is 40.3. The molecule has 0 unspecified atom stereocenters. The summed E-state index contributed by atoms with van der Waals surface area (Å²) in [7, 11) is 0. The van der Waals surface area contributed by atoms with Gasteiger partial charge in [0.05, 0.1) is 91.3 Å². The number of ether oxygens (including phenoxy) is 2. The third kappa shape index (κ3) is 27.5. The van der Waals surface area contributed by atoms with E-state index in [1.807, 2.05) is 0 Å². The lowest BCUT2D eigenvalue weighted by atomic mass is 9.96. The number of aliphatic hydroxyl groups is 7. The molecule has 1 fully saturated rings. The predicted octanol–water partition coefficient (Wildman–Crippen LogP) is -11.0. The molecule has 0 spiro atoms. The fourth-order valence-electron chi connectivity index (χ4n) is 7.40. The third-order valence-corrected chi connectivity index (χ3v) is 10.9. The van der Waals surface area contributed by atoms with Crippen LogP contribution in [0.2, 0.25) is 0 Å². The number of rotatable bonds is 42. The molecule has 430 valence electrons. The standard InChI is InChI=1S/C40H68N8O27/c49-19-22(41-25(52)9-45(13-29(58)59)5-1-43(11-27(54)55)3-7-47(15-31(62)63)16-32(64)65)36(70)37(71)23(20-50)74-40-35(39(73)38(72)24(21-51)75-40)42-26(53)10-46(14-30(60)61)6-2-44(12-28(56)57)4-8-48(17-33(66)67)18-34(68)69/h22-24,35-40,49-51,70-73H,1-21H2,(H,41,52)(H,42,53)(H,54,55)(H,56,57)(H,58,59)(H,60,61)(H,62,63)(H,64,65)(H,66,67)(H,68,69)/t22-,23-,24-,35-,36-,37-,38-,39-,40+/m1/s1. The Morgan fingerprint density at radius 3 is 1.08 bits per heavy atom. The topological polar surface area (TPSA) is 536 Å². The van der Waals surface area contributed by atoms with Crippen LogP contribution < -0.4 is 10.6 Å². The van der Waals surface area contributed by atoms with Gasteiger partial charge in [-0.3, -0.25) is 77.3 Å². The number of hydrogen-bond acceptors (Lipinski definition) is 25. The van der Waals surface area contributed by atoms with Crippen LogP contribution in [-0.4, -0.2) is 358 Å². The lowest BCUT2D eigenvalue weighted by Gasteiger charge is -2.44. The fraction of sp³-hybridized carbons (Fsp3) is 0.750. The summed E-state index contributed by atoms with van der Waals surface area (Å²) in [5, 5.41) is 153. The lowest BCUT2D eigenvalue weighted by molar-refractivity contribution is -0.295. The van der Waals surface area contributed by atoms with E-state index in [4.69, 9.17) is 29.9 Å². The molecule has 1 aliphatic rings. The Labute approximate surface area is 425 Å². The van der Waals surface area contributed by atoms with E-state index in [2.05, 4.69) is 10.6 Å². The summed E-state index contributed by atoms with van der Waals surface area (Å²) in [5.41, 5.74) is 0. The van der Waals surface area contributed by atoms with Crippen molar-refractivity contribution in [2.45, 2.75) is 55.0 Å². The van der Waals surface area contributed by atoms with Gasteiger partial charge in [0.1, 0.15) is 42.7 Å². The summed E-state index contributed by atoms with van der Waals surface area (Å²) in [4.78, 5) is 124. The minimum absolute atomic E-state index is 0.215. The molecule has 0 aromatic carbocycles. The van der Waals surface area contributed by atoms with E-state index in [9.17, 15) is 104 Å². The Morgan fingerprint density at radius 2 is 0.760 bits per heavy atom. The van der Waals surface area contributed by atoms with Crippen molar-refractivity contribution in [3.8, 4) is 0 Å². The maximum atomic E-state index is 13.5. The van der Waals surface area contributed by atoms with Crippen LogP contribution in [0.4, 0.5) is 0 Å². The predicted molar refractivity (Wildman–Crippen MR) is 242 cm³/mol. The van der Waals surface area contributed by atoms with Gasteiger partial charge in [-0.2, -0.15) is 0 Å². The molecule has 2 amide bonds. The van der Waals surface area contributed by atoms with Crippen molar-refractivity contribution in [3.05, 3.63) is 0 Å². The quantitative estimate of drug-likeness (QED) is 0.0270. The minimum Gasteiger partial charge on any atom is -0.480 e. The van der Waals surface area contributed by atoms with Crippen LogP contribution in [0.15, 0.2) is 0 Å². The van der Waals surface area contributed by atoms with Crippen molar-refractivity contribution >= 4 is 59.6 Å².